The zero-order valence-electron chi connectivity index (χ0n) is 17.4. The average Bonchev–Trinajstić information content (AvgIpc) is 3.39. The van der Waals surface area contributed by atoms with Crippen LogP contribution in [0.1, 0.15) is 37.3 Å². The molecule has 0 N–H and O–H groups in total. The van der Waals surface area contributed by atoms with Gasteiger partial charge in [-0.3, -0.25) is 19.6 Å². The molecule has 8 heteroatoms. The number of likely N-dealkylation sites (tertiary alicyclic amines) is 1. The van der Waals surface area contributed by atoms with Crippen molar-refractivity contribution in [1.29, 1.82) is 0 Å². The van der Waals surface area contributed by atoms with E-state index in [0.29, 0.717) is 24.7 Å². The number of carbonyl (C=O) groups is 2. The third-order valence-electron chi connectivity index (χ3n) is 6.24. The number of benzene rings is 1. The van der Waals surface area contributed by atoms with E-state index in [4.69, 9.17) is 0 Å². The molecule has 0 radical (unpaired) electrons. The Morgan fingerprint density at radius 2 is 1.97 bits per heavy atom. The van der Waals surface area contributed by atoms with Gasteiger partial charge in [0.25, 0.3) is 0 Å². The van der Waals surface area contributed by atoms with Crippen molar-refractivity contribution in [3.8, 4) is 5.69 Å². The number of anilines is 1. The summed E-state index contributed by atoms with van der Waals surface area (Å²) in [6.45, 7) is 5.99. The smallest absolute Gasteiger partial charge is 0.331 e. The van der Waals surface area contributed by atoms with Crippen LogP contribution < -0.4 is 4.90 Å². The molecule has 0 spiro atoms. The van der Waals surface area contributed by atoms with Crippen LogP contribution in [0.3, 0.4) is 0 Å². The molecule has 8 nitrogen and oxygen atoms in total. The molecule has 4 heterocycles. The quantitative estimate of drug-likeness (QED) is 0.786. The summed E-state index contributed by atoms with van der Waals surface area (Å²) in [7, 11) is 0. The van der Waals surface area contributed by atoms with Gasteiger partial charge in [-0.2, -0.15) is 5.10 Å². The van der Waals surface area contributed by atoms with Crippen molar-refractivity contribution in [2.45, 2.75) is 39.2 Å². The Morgan fingerprint density at radius 3 is 2.73 bits per heavy atom. The molecule has 1 atom stereocenters. The molecule has 1 saturated heterocycles. The molecule has 1 fully saturated rings. The summed E-state index contributed by atoms with van der Waals surface area (Å²) in [5.41, 5.74) is 2.80. The van der Waals surface area contributed by atoms with Crippen LogP contribution in [0.15, 0.2) is 35.5 Å². The number of nitrogens with zero attached hydrogens (tertiary/aromatic N) is 6. The minimum absolute atomic E-state index is 0.0114. The van der Waals surface area contributed by atoms with Gasteiger partial charge in [0.1, 0.15) is 12.4 Å². The minimum Gasteiger partial charge on any atom is -0.338 e. The van der Waals surface area contributed by atoms with Crippen LogP contribution in [-0.4, -0.2) is 69.6 Å². The normalized spacial score (nSPS) is 20.9. The summed E-state index contributed by atoms with van der Waals surface area (Å²) in [4.78, 5) is 36.2. The van der Waals surface area contributed by atoms with Crippen molar-refractivity contribution in [2.24, 2.45) is 4.99 Å². The lowest BCUT2D eigenvalue weighted by Gasteiger charge is -2.37. The SMILES string of the molecule is Cc1ccc(-n2ncc3c2N(CC(=O)N2CCCCC2C)C(=O)N2CCN=C32)cc1. The van der Waals surface area contributed by atoms with Crippen LogP contribution in [0.5, 0.6) is 0 Å². The fourth-order valence-electron chi connectivity index (χ4n) is 4.57. The van der Waals surface area contributed by atoms with Crippen molar-refractivity contribution < 1.29 is 9.59 Å². The first-order valence-corrected chi connectivity index (χ1v) is 10.6. The number of hydrogen-bond acceptors (Lipinski definition) is 4. The molecule has 3 amide bonds. The highest BCUT2D eigenvalue weighted by Crippen LogP contribution is 2.33. The summed E-state index contributed by atoms with van der Waals surface area (Å²) in [6, 6.07) is 7.98. The number of amides is 3. The second-order valence-corrected chi connectivity index (χ2v) is 8.29. The number of carbonyl (C=O) groups excluding carboxylic acids is 2. The summed E-state index contributed by atoms with van der Waals surface area (Å²) in [6.07, 6.45) is 4.92. The zero-order chi connectivity index (χ0) is 20.8. The van der Waals surface area contributed by atoms with Gasteiger partial charge in [0.05, 0.1) is 24.0 Å². The van der Waals surface area contributed by atoms with E-state index in [1.54, 1.807) is 20.7 Å². The summed E-state index contributed by atoms with van der Waals surface area (Å²) in [5.74, 6) is 1.26. The number of piperidine rings is 1. The molecule has 1 unspecified atom stereocenters. The van der Waals surface area contributed by atoms with Gasteiger partial charge in [0.2, 0.25) is 5.91 Å². The zero-order valence-corrected chi connectivity index (χ0v) is 17.4. The minimum atomic E-state index is -0.203. The van der Waals surface area contributed by atoms with Crippen LogP contribution >= 0.6 is 0 Å². The van der Waals surface area contributed by atoms with Gasteiger partial charge in [-0.1, -0.05) is 17.7 Å². The van der Waals surface area contributed by atoms with Gasteiger partial charge in [-0.05, 0) is 45.2 Å². The Morgan fingerprint density at radius 1 is 1.17 bits per heavy atom. The molecule has 0 aliphatic carbocycles. The number of hydrogen-bond donors (Lipinski definition) is 0. The molecule has 2 aromatic rings. The number of urea groups is 1. The van der Waals surface area contributed by atoms with Crippen LogP contribution in [0.2, 0.25) is 0 Å². The van der Waals surface area contributed by atoms with E-state index >= 15 is 0 Å². The Hall–Kier alpha value is -3.16. The molecule has 1 aromatic carbocycles. The van der Waals surface area contributed by atoms with Gasteiger partial charge in [-0.25, -0.2) is 9.48 Å². The number of aromatic nitrogens is 2. The molecule has 0 saturated carbocycles. The van der Waals surface area contributed by atoms with E-state index < -0.39 is 0 Å². The van der Waals surface area contributed by atoms with Crippen molar-refractivity contribution in [3.63, 3.8) is 0 Å². The first kappa shape index (κ1) is 18.8. The largest absolute Gasteiger partial charge is 0.338 e. The second kappa shape index (κ2) is 7.27. The molecule has 1 aromatic heterocycles. The predicted octanol–water partition coefficient (Wildman–Crippen LogP) is 2.58. The standard InChI is InChI=1S/C22H26N6O2/c1-15-6-8-17(9-7-15)28-21-18(13-24-28)20-23-10-12-26(20)22(30)27(21)14-19(29)25-11-4-3-5-16(25)2/h6-9,13,16H,3-5,10-12,14H2,1-2H3. The topological polar surface area (TPSA) is 74.0 Å². The average molecular weight is 406 g/mol. The first-order valence-electron chi connectivity index (χ1n) is 10.6. The van der Waals surface area contributed by atoms with E-state index in [9.17, 15) is 9.59 Å². The molecule has 30 heavy (non-hydrogen) atoms. The maximum Gasteiger partial charge on any atom is 0.331 e. The summed E-state index contributed by atoms with van der Waals surface area (Å²) < 4.78 is 1.75. The van der Waals surface area contributed by atoms with Crippen LogP contribution in [0.4, 0.5) is 10.6 Å². The fraction of sp³-hybridized carbons (Fsp3) is 0.455. The highest BCUT2D eigenvalue weighted by atomic mass is 16.2. The lowest BCUT2D eigenvalue weighted by molar-refractivity contribution is -0.132. The Balaban J connectivity index is 1.55. The maximum atomic E-state index is 13.4. The molecule has 0 bridgehead atoms. The first-order chi connectivity index (χ1) is 14.5. The predicted molar refractivity (Wildman–Crippen MR) is 114 cm³/mol. The molecule has 3 aliphatic heterocycles. The molecular formula is C22H26N6O2. The number of fused-ring (bicyclic) bond motifs is 3. The summed E-state index contributed by atoms with van der Waals surface area (Å²) >= 11 is 0. The van der Waals surface area contributed by atoms with Gasteiger partial charge in [-0.15, -0.1) is 0 Å². The van der Waals surface area contributed by atoms with Crippen molar-refractivity contribution in [2.75, 3.05) is 31.1 Å². The second-order valence-electron chi connectivity index (χ2n) is 8.29. The lowest BCUT2D eigenvalue weighted by atomic mass is 10.0. The number of amidine groups is 1. The van der Waals surface area contributed by atoms with Crippen molar-refractivity contribution >= 4 is 23.6 Å². The monoisotopic (exact) mass is 406 g/mol. The number of aliphatic imine (C=N–C) groups is 1. The van der Waals surface area contributed by atoms with E-state index in [1.807, 2.05) is 36.1 Å². The fourth-order valence-corrected chi connectivity index (χ4v) is 4.57. The highest BCUT2D eigenvalue weighted by Gasteiger charge is 2.41. The molecule has 156 valence electrons. The molecule has 3 aliphatic rings. The van der Waals surface area contributed by atoms with Gasteiger partial charge >= 0.3 is 6.03 Å². The molecule has 5 rings (SSSR count). The van der Waals surface area contributed by atoms with Gasteiger partial charge in [0, 0.05) is 19.1 Å². The van der Waals surface area contributed by atoms with Crippen LogP contribution in [0.25, 0.3) is 5.69 Å². The van der Waals surface area contributed by atoms with E-state index in [-0.39, 0.29) is 24.5 Å². The van der Waals surface area contributed by atoms with Gasteiger partial charge < -0.3 is 4.90 Å². The van der Waals surface area contributed by atoms with E-state index in [2.05, 4.69) is 17.0 Å². The Labute approximate surface area is 175 Å². The summed E-state index contributed by atoms with van der Waals surface area (Å²) in [5, 5.41) is 4.57. The van der Waals surface area contributed by atoms with Crippen LogP contribution in [-0.2, 0) is 4.79 Å². The Bertz CT molecular complexity index is 1020. The number of aryl methyl sites for hydroxylation is 1. The van der Waals surface area contributed by atoms with E-state index in [1.165, 1.54) is 0 Å². The van der Waals surface area contributed by atoms with Gasteiger partial charge in [0.15, 0.2) is 5.82 Å². The van der Waals surface area contributed by atoms with Crippen molar-refractivity contribution in [1.82, 2.24) is 19.6 Å². The van der Waals surface area contributed by atoms with Crippen molar-refractivity contribution in [3.05, 3.63) is 41.6 Å². The maximum absolute atomic E-state index is 13.4. The van der Waals surface area contributed by atoms with Crippen LogP contribution in [0, 0.1) is 6.92 Å². The molecular weight excluding hydrogens is 380 g/mol. The van der Waals surface area contributed by atoms with E-state index in [0.717, 1.165) is 42.6 Å². The highest BCUT2D eigenvalue weighted by molar-refractivity contribution is 6.20. The number of rotatable bonds is 3. The Kier molecular flexibility index (Phi) is 4.56. The third kappa shape index (κ3) is 2.98. The third-order valence-corrected chi connectivity index (χ3v) is 6.24. The lowest BCUT2D eigenvalue weighted by Crippen LogP contribution is -2.55.